The number of alkyl halides is 1. The highest BCUT2D eigenvalue weighted by molar-refractivity contribution is 6.19. The van der Waals surface area contributed by atoms with Gasteiger partial charge in [-0.05, 0) is 6.92 Å². The van der Waals surface area contributed by atoms with E-state index in [2.05, 4.69) is 0 Å². The van der Waals surface area contributed by atoms with Crippen LogP contribution >= 0.6 is 11.6 Å². The fraction of sp³-hybridized carbons (Fsp3) is 0.600. The summed E-state index contributed by atoms with van der Waals surface area (Å²) >= 11 is 5.35. The van der Waals surface area contributed by atoms with Gasteiger partial charge in [-0.15, -0.1) is 11.6 Å². The lowest BCUT2D eigenvalue weighted by Gasteiger charge is -1.86. The predicted octanol–water partition coefficient (Wildman–Crippen LogP) is 1.16. The van der Waals surface area contributed by atoms with Crippen LogP contribution in [0.3, 0.4) is 0 Å². The number of aliphatic hydroxyl groups is 1. The van der Waals surface area contributed by atoms with E-state index in [1.54, 1.807) is 6.08 Å². The van der Waals surface area contributed by atoms with Gasteiger partial charge >= 0.3 is 0 Å². The molecule has 0 aliphatic carbocycles. The summed E-state index contributed by atoms with van der Waals surface area (Å²) in [4.78, 5) is 0. The third-order valence-corrected chi connectivity index (χ3v) is 1.07. The highest BCUT2D eigenvalue weighted by atomic mass is 35.5. The summed E-state index contributed by atoms with van der Waals surface area (Å²) in [5.41, 5.74) is 1.02. The molecule has 0 bridgehead atoms. The normalized spacial score (nSPS) is 12.1. The highest BCUT2D eigenvalue weighted by Gasteiger charge is 1.79. The van der Waals surface area contributed by atoms with Gasteiger partial charge in [-0.25, -0.2) is 0 Å². The third-order valence-electron chi connectivity index (χ3n) is 0.651. The molecule has 1 N–H and O–H groups in total. The van der Waals surface area contributed by atoms with Crippen molar-refractivity contribution < 1.29 is 5.11 Å². The zero-order valence-corrected chi connectivity index (χ0v) is 5.07. The Bertz CT molecular complexity index is 68.5. The van der Waals surface area contributed by atoms with Crippen molar-refractivity contribution in [2.45, 2.75) is 6.92 Å². The lowest BCUT2D eigenvalue weighted by molar-refractivity contribution is 0.342. The molecule has 0 saturated heterocycles. The number of hydrogen-bond acceptors (Lipinski definition) is 1. The van der Waals surface area contributed by atoms with Gasteiger partial charge in [0.1, 0.15) is 0 Å². The summed E-state index contributed by atoms with van der Waals surface area (Å²) in [6, 6.07) is 0. The van der Waals surface area contributed by atoms with Crippen molar-refractivity contribution in [3.63, 3.8) is 0 Å². The fourth-order valence-corrected chi connectivity index (χ4v) is 0.320. The Morgan fingerprint density at radius 1 is 1.86 bits per heavy atom. The maximum absolute atomic E-state index is 8.23. The molecule has 1 nitrogen and oxygen atoms in total. The Labute approximate surface area is 48.6 Å². The standard InChI is InChI=1S/C5H9ClO/c1-5(4-6)2-3-7/h2,7H,3-4H2,1H3/b5-2-. The minimum absolute atomic E-state index is 0.0958. The Balaban J connectivity index is 3.29. The Hall–Kier alpha value is -0.0100. The van der Waals surface area contributed by atoms with Crippen LogP contribution < -0.4 is 0 Å². The van der Waals surface area contributed by atoms with Gasteiger partial charge in [-0.2, -0.15) is 0 Å². The lowest BCUT2D eigenvalue weighted by atomic mass is 10.3. The summed E-state index contributed by atoms with van der Waals surface area (Å²) < 4.78 is 0. The molecule has 42 valence electrons. The molecule has 0 unspecified atom stereocenters. The van der Waals surface area contributed by atoms with Crippen molar-refractivity contribution in [3.8, 4) is 0 Å². The summed E-state index contributed by atoms with van der Waals surface area (Å²) in [5.74, 6) is 0.514. The van der Waals surface area contributed by atoms with E-state index in [1.165, 1.54) is 0 Å². The lowest BCUT2D eigenvalue weighted by Crippen LogP contribution is -1.79. The highest BCUT2D eigenvalue weighted by Crippen LogP contribution is 1.92. The van der Waals surface area contributed by atoms with Gasteiger partial charge in [0.2, 0.25) is 0 Å². The van der Waals surface area contributed by atoms with Gasteiger partial charge in [0, 0.05) is 5.88 Å². The first kappa shape index (κ1) is 6.99. The summed E-state index contributed by atoms with van der Waals surface area (Å²) in [6.07, 6.45) is 1.69. The number of halogens is 1. The Morgan fingerprint density at radius 3 is 2.57 bits per heavy atom. The first-order chi connectivity index (χ1) is 3.31. The van der Waals surface area contributed by atoms with E-state index < -0.39 is 0 Å². The van der Waals surface area contributed by atoms with E-state index in [-0.39, 0.29) is 6.61 Å². The maximum atomic E-state index is 8.23. The Morgan fingerprint density at radius 2 is 2.43 bits per heavy atom. The third kappa shape index (κ3) is 3.83. The molecule has 0 atom stereocenters. The number of allylic oxidation sites excluding steroid dienone is 1. The molecular formula is C5H9ClO. The van der Waals surface area contributed by atoms with Crippen LogP contribution in [0.15, 0.2) is 11.6 Å². The zero-order chi connectivity index (χ0) is 5.70. The molecule has 0 aromatic carbocycles. The Kier molecular flexibility index (Phi) is 4.15. The molecule has 0 radical (unpaired) electrons. The van der Waals surface area contributed by atoms with Gasteiger partial charge in [-0.1, -0.05) is 11.6 Å². The molecule has 0 aromatic rings. The van der Waals surface area contributed by atoms with E-state index in [0.29, 0.717) is 5.88 Å². The minimum Gasteiger partial charge on any atom is -0.392 e. The van der Waals surface area contributed by atoms with E-state index >= 15 is 0 Å². The second-order valence-corrected chi connectivity index (χ2v) is 1.63. The van der Waals surface area contributed by atoms with Crippen molar-refractivity contribution in [1.82, 2.24) is 0 Å². The second kappa shape index (κ2) is 4.16. The van der Waals surface area contributed by atoms with E-state index in [9.17, 15) is 0 Å². The van der Waals surface area contributed by atoms with Crippen LogP contribution in [-0.4, -0.2) is 17.6 Å². The van der Waals surface area contributed by atoms with E-state index in [0.717, 1.165) is 5.57 Å². The van der Waals surface area contributed by atoms with Gasteiger partial charge in [0.15, 0.2) is 0 Å². The molecule has 2 heteroatoms. The first-order valence-corrected chi connectivity index (χ1v) is 2.67. The second-order valence-electron chi connectivity index (χ2n) is 1.37. The number of aliphatic hydroxyl groups excluding tert-OH is 1. The maximum Gasteiger partial charge on any atom is 0.0615 e. The minimum atomic E-state index is 0.0958. The molecule has 0 saturated carbocycles. The number of rotatable bonds is 2. The molecule has 0 aliphatic rings. The van der Waals surface area contributed by atoms with Crippen molar-refractivity contribution >= 4 is 11.6 Å². The van der Waals surface area contributed by atoms with Crippen LogP contribution in [0.25, 0.3) is 0 Å². The average Bonchev–Trinajstić information content (AvgIpc) is 1.68. The molecule has 0 rings (SSSR count). The van der Waals surface area contributed by atoms with Crippen LogP contribution in [0.5, 0.6) is 0 Å². The van der Waals surface area contributed by atoms with Gasteiger partial charge < -0.3 is 5.11 Å². The summed E-state index contributed by atoms with van der Waals surface area (Å²) in [7, 11) is 0. The SMILES string of the molecule is C/C(=C/CO)CCl. The zero-order valence-electron chi connectivity index (χ0n) is 4.32. The van der Waals surface area contributed by atoms with Crippen LogP contribution in [0.2, 0.25) is 0 Å². The summed E-state index contributed by atoms with van der Waals surface area (Å²) in [6.45, 7) is 1.97. The molecular weight excluding hydrogens is 112 g/mol. The van der Waals surface area contributed by atoms with Gasteiger partial charge in [0.05, 0.1) is 6.61 Å². The van der Waals surface area contributed by atoms with Crippen LogP contribution in [0.1, 0.15) is 6.92 Å². The fourth-order valence-electron chi connectivity index (χ4n) is 0.210. The van der Waals surface area contributed by atoms with Crippen LogP contribution in [0.4, 0.5) is 0 Å². The van der Waals surface area contributed by atoms with Crippen LogP contribution in [-0.2, 0) is 0 Å². The quantitative estimate of drug-likeness (QED) is 0.429. The topological polar surface area (TPSA) is 20.2 Å². The molecule has 7 heavy (non-hydrogen) atoms. The van der Waals surface area contributed by atoms with Crippen molar-refractivity contribution in [3.05, 3.63) is 11.6 Å². The smallest absolute Gasteiger partial charge is 0.0615 e. The molecule has 0 aromatic heterocycles. The molecule has 0 spiro atoms. The average molecular weight is 121 g/mol. The molecule has 0 amide bonds. The van der Waals surface area contributed by atoms with E-state index in [1.807, 2.05) is 6.92 Å². The monoisotopic (exact) mass is 120 g/mol. The van der Waals surface area contributed by atoms with Gasteiger partial charge in [0.25, 0.3) is 0 Å². The number of hydrogen-bond donors (Lipinski definition) is 1. The first-order valence-electron chi connectivity index (χ1n) is 2.13. The van der Waals surface area contributed by atoms with Crippen LogP contribution in [0, 0.1) is 0 Å². The summed E-state index contributed by atoms with van der Waals surface area (Å²) in [5, 5.41) is 8.23. The van der Waals surface area contributed by atoms with Crippen molar-refractivity contribution in [1.29, 1.82) is 0 Å². The molecule has 0 fully saturated rings. The van der Waals surface area contributed by atoms with Crippen molar-refractivity contribution in [2.75, 3.05) is 12.5 Å². The molecule has 0 heterocycles. The molecule has 0 aliphatic heterocycles. The van der Waals surface area contributed by atoms with Crippen molar-refractivity contribution in [2.24, 2.45) is 0 Å². The van der Waals surface area contributed by atoms with Gasteiger partial charge in [-0.3, -0.25) is 0 Å². The largest absolute Gasteiger partial charge is 0.392 e. The van der Waals surface area contributed by atoms with E-state index in [4.69, 9.17) is 16.7 Å². The predicted molar refractivity (Wildman–Crippen MR) is 31.6 cm³/mol.